The van der Waals surface area contributed by atoms with Gasteiger partial charge in [-0.25, -0.2) is 4.79 Å². The molecule has 6 heteroatoms. The molecule has 0 spiro atoms. The third kappa shape index (κ3) is 3.61. The molecule has 0 bridgehead atoms. The maximum atomic E-state index is 10.9. The molecule has 0 radical (unpaired) electrons. The van der Waals surface area contributed by atoms with E-state index >= 15 is 0 Å². The third-order valence-corrected chi connectivity index (χ3v) is 2.60. The zero-order valence-corrected chi connectivity index (χ0v) is 11.1. The van der Waals surface area contributed by atoms with Gasteiger partial charge < -0.3 is 19.3 Å². The molecule has 0 fully saturated rings. The lowest BCUT2D eigenvalue weighted by Crippen LogP contribution is -2.07. The fourth-order valence-corrected chi connectivity index (χ4v) is 1.77. The second-order valence-electron chi connectivity index (χ2n) is 3.14. The molecule has 17 heavy (non-hydrogen) atoms. The highest BCUT2D eigenvalue weighted by atomic mass is 79.9. The number of hydrogen-bond donors (Lipinski definition) is 1. The summed E-state index contributed by atoms with van der Waals surface area (Å²) in [6, 6.07) is 2.88. The van der Waals surface area contributed by atoms with E-state index < -0.39 is 5.97 Å². The Balaban J connectivity index is 2.99. The van der Waals surface area contributed by atoms with E-state index in [1.807, 2.05) is 0 Å². The molecule has 5 nitrogen and oxygen atoms in total. The van der Waals surface area contributed by atoms with E-state index in [0.717, 1.165) is 0 Å². The summed E-state index contributed by atoms with van der Waals surface area (Å²) in [7, 11) is 3.03. The minimum Gasteiger partial charge on any atom is -0.493 e. The second kappa shape index (κ2) is 6.46. The molecular weight excluding hydrogens is 292 g/mol. The van der Waals surface area contributed by atoms with Crippen LogP contribution in [0.25, 0.3) is 0 Å². The molecular formula is C11H13BrO5. The number of rotatable bonds is 6. The second-order valence-corrected chi connectivity index (χ2v) is 3.99. The van der Waals surface area contributed by atoms with E-state index in [1.165, 1.54) is 19.2 Å². The van der Waals surface area contributed by atoms with Gasteiger partial charge in [-0.05, 0) is 28.1 Å². The fraction of sp³-hybridized carbons (Fsp3) is 0.364. The summed E-state index contributed by atoms with van der Waals surface area (Å²) in [5.74, 6) is -0.185. The Labute approximate surface area is 107 Å². The molecule has 0 aromatic heterocycles. The summed E-state index contributed by atoms with van der Waals surface area (Å²) < 4.78 is 15.9. The number of benzene rings is 1. The zero-order valence-electron chi connectivity index (χ0n) is 9.53. The van der Waals surface area contributed by atoms with Gasteiger partial charge in [0.25, 0.3) is 0 Å². The van der Waals surface area contributed by atoms with Crippen molar-refractivity contribution in [3.63, 3.8) is 0 Å². The van der Waals surface area contributed by atoms with Crippen molar-refractivity contribution in [3.8, 4) is 11.5 Å². The van der Waals surface area contributed by atoms with Gasteiger partial charge in [0.15, 0.2) is 11.5 Å². The molecule has 0 aliphatic rings. The standard InChI is InChI=1S/C11H13BrO5/c1-15-3-4-17-10-8(12)5-7(11(13)14)6-9(10)16-2/h5-6H,3-4H2,1-2H3,(H,13,14). The molecule has 0 heterocycles. The Kier molecular flexibility index (Phi) is 5.24. The summed E-state index contributed by atoms with van der Waals surface area (Å²) in [5.41, 5.74) is 0.132. The molecule has 0 unspecified atom stereocenters. The van der Waals surface area contributed by atoms with Crippen molar-refractivity contribution in [2.75, 3.05) is 27.4 Å². The largest absolute Gasteiger partial charge is 0.493 e. The van der Waals surface area contributed by atoms with Gasteiger partial charge in [0, 0.05) is 7.11 Å². The number of carboxylic acids is 1. The maximum absolute atomic E-state index is 10.9. The van der Waals surface area contributed by atoms with Crippen LogP contribution < -0.4 is 9.47 Å². The van der Waals surface area contributed by atoms with Gasteiger partial charge in [-0.3, -0.25) is 0 Å². The fourth-order valence-electron chi connectivity index (χ4n) is 1.21. The van der Waals surface area contributed by atoms with E-state index in [0.29, 0.717) is 29.2 Å². The van der Waals surface area contributed by atoms with E-state index in [9.17, 15) is 4.79 Å². The minimum absolute atomic E-state index is 0.132. The van der Waals surface area contributed by atoms with Crippen LogP contribution in [0.3, 0.4) is 0 Å². The highest BCUT2D eigenvalue weighted by Gasteiger charge is 2.14. The topological polar surface area (TPSA) is 65.0 Å². The monoisotopic (exact) mass is 304 g/mol. The van der Waals surface area contributed by atoms with Crippen molar-refractivity contribution in [2.24, 2.45) is 0 Å². The van der Waals surface area contributed by atoms with Crippen molar-refractivity contribution in [2.45, 2.75) is 0 Å². The molecule has 0 saturated carbocycles. The Morgan fingerprint density at radius 1 is 1.35 bits per heavy atom. The molecule has 94 valence electrons. The van der Waals surface area contributed by atoms with Gasteiger partial charge in [-0.1, -0.05) is 0 Å². The van der Waals surface area contributed by atoms with Crippen LogP contribution in [0.15, 0.2) is 16.6 Å². The average Bonchev–Trinajstić information content (AvgIpc) is 2.30. The normalized spacial score (nSPS) is 10.1. The van der Waals surface area contributed by atoms with Crippen molar-refractivity contribution >= 4 is 21.9 Å². The first-order valence-corrected chi connectivity index (χ1v) is 5.62. The molecule has 1 N–H and O–H groups in total. The highest BCUT2D eigenvalue weighted by Crippen LogP contribution is 2.36. The minimum atomic E-state index is -1.02. The third-order valence-electron chi connectivity index (χ3n) is 2.01. The smallest absolute Gasteiger partial charge is 0.335 e. The van der Waals surface area contributed by atoms with Crippen LogP contribution in [0.4, 0.5) is 0 Å². The van der Waals surface area contributed by atoms with Crippen molar-refractivity contribution < 1.29 is 24.1 Å². The lowest BCUT2D eigenvalue weighted by molar-refractivity contribution is 0.0696. The van der Waals surface area contributed by atoms with Crippen LogP contribution in [-0.2, 0) is 4.74 Å². The first-order valence-electron chi connectivity index (χ1n) is 4.82. The van der Waals surface area contributed by atoms with Crippen molar-refractivity contribution in [3.05, 3.63) is 22.2 Å². The van der Waals surface area contributed by atoms with Crippen LogP contribution in [0, 0.1) is 0 Å². The van der Waals surface area contributed by atoms with E-state index in [2.05, 4.69) is 15.9 Å². The van der Waals surface area contributed by atoms with Crippen LogP contribution in [-0.4, -0.2) is 38.5 Å². The van der Waals surface area contributed by atoms with Gasteiger partial charge >= 0.3 is 5.97 Å². The van der Waals surface area contributed by atoms with Crippen molar-refractivity contribution in [1.29, 1.82) is 0 Å². The Hall–Kier alpha value is -1.27. The predicted octanol–water partition coefficient (Wildman–Crippen LogP) is 2.18. The molecule has 1 rings (SSSR count). The van der Waals surface area contributed by atoms with Crippen LogP contribution in [0.1, 0.15) is 10.4 Å². The van der Waals surface area contributed by atoms with Crippen LogP contribution >= 0.6 is 15.9 Å². The lowest BCUT2D eigenvalue weighted by Gasteiger charge is -2.13. The maximum Gasteiger partial charge on any atom is 0.335 e. The molecule has 1 aromatic carbocycles. The van der Waals surface area contributed by atoms with Crippen LogP contribution in [0.2, 0.25) is 0 Å². The van der Waals surface area contributed by atoms with E-state index in [-0.39, 0.29) is 5.56 Å². The Morgan fingerprint density at radius 3 is 2.59 bits per heavy atom. The van der Waals surface area contributed by atoms with Gasteiger partial charge in [-0.15, -0.1) is 0 Å². The summed E-state index contributed by atoms with van der Waals surface area (Å²) >= 11 is 3.25. The quantitative estimate of drug-likeness (QED) is 0.816. The predicted molar refractivity (Wildman–Crippen MR) is 65.0 cm³/mol. The summed E-state index contributed by atoms with van der Waals surface area (Å²) in [6.07, 6.45) is 0. The molecule has 0 saturated heterocycles. The van der Waals surface area contributed by atoms with E-state index in [4.69, 9.17) is 19.3 Å². The number of carboxylic acid groups (broad SMARTS) is 1. The lowest BCUT2D eigenvalue weighted by atomic mass is 10.2. The van der Waals surface area contributed by atoms with E-state index in [1.54, 1.807) is 7.11 Å². The molecule has 0 amide bonds. The van der Waals surface area contributed by atoms with Gasteiger partial charge in [0.1, 0.15) is 6.61 Å². The molecule has 1 aromatic rings. The summed E-state index contributed by atoms with van der Waals surface area (Å²) in [4.78, 5) is 10.9. The molecule has 0 atom stereocenters. The Morgan fingerprint density at radius 2 is 2.06 bits per heavy atom. The first-order chi connectivity index (χ1) is 8.10. The summed E-state index contributed by atoms with van der Waals surface area (Å²) in [6.45, 7) is 0.800. The SMILES string of the molecule is COCCOc1c(Br)cc(C(=O)O)cc1OC. The van der Waals surface area contributed by atoms with Crippen LogP contribution in [0.5, 0.6) is 11.5 Å². The molecule has 0 aliphatic heterocycles. The molecule has 0 aliphatic carbocycles. The average molecular weight is 305 g/mol. The summed E-state index contributed by atoms with van der Waals surface area (Å²) in [5, 5.41) is 8.90. The number of hydrogen-bond acceptors (Lipinski definition) is 4. The number of aromatic carboxylic acids is 1. The first kappa shape index (κ1) is 13.8. The number of ether oxygens (including phenoxy) is 3. The zero-order chi connectivity index (χ0) is 12.8. The number of carbonyl (C=O) groups is 1. The van der Waals surface area contributed by atoms with Gasteiger partial charge in [-0.2, -0.15) is 0 Å². The number of halogens is 1. The van der Waals surface area contributed by atoms with Crippen molar-refractivity contribution in [1.82, 2.24) is 0 Å². The number of methoxy groups -OCH3 is 2. The highest BCUT2D eigenvalue weighted by molar-refractivity contribution is 9.10. The van der Waals surface area contributed by atoms with Gasteiger partial charge in [0.05, 0.1) is 23.8 Å². The Bertz CT molecular complexity index is 405. The van der Waals surface area contributed by atoms with Gasteiger partial charge in [0.2, 0.25) is 0 Å².